The van der Waals surface area contributed by atoms with Crippen LogP contribution >= 0.6 is 0 Å². The van der Waals surface area contributed by atoms with Gasteiger partial charge >= 0.3 is 5.97 Å². The highest BCUT2D eigenvalue weighted by Crippen LogP contribution is 2.52. The summed E-state index contributed by atoms with van der Waals surface area (Å²) in [6.07, 6.45) is 3.62. The van der Waals surface area contributed by atoms with Crippen LogP contribution in [0.4, 0.5) is 0 Å². The van der Waals surface area contributed by atoms with Crippen molar-refractivity contribution in [2.45, 2.75) is 51.2 Å². The summed E-state index contributed by atoms with van der Waals surface area (Å²) in [5.41, 5.74) is 2.02. The summed E-state index contributed by atoms with van der Waals surface area (Å²) in [7, 11) is 4.00. The molecular weight excluding hydrogens is 266 g/mol. The van der Waals surface area contributed by atoms with E-state index >= 15 is 0 Å². The average molecular weight is 293 g/mol. The van der Waals surface area contributed by atoms with Gasteiger partial charge in [-0.05, 0) is 53.6 Å². The molecule has 1 saturated heterocycles. The number of rotatable bonds is 2. The first-order valence-electron chi connectivity index (χ1n) is 8.07. The molecule has 21 heavy (non-hydrogen) atoms. The van der Waals surface area contributed by atoms with E-state index in [1.165, 1.54) is 11.1 Å². The third-order valence-electron chi connectivity index (χ3n) is 5.73. The molecule has 1 N–H and O–H groups in total. The van der Waals surface area contributed by atoms with Crippen LogP contribution in [0.1, 0.15) is 39.5 Å². The molecule has 1 saturated carbocycles. The van der Waals surface area contributed by atoms with Gasteiger partial charge in [0.1, 0.15) is 6.10 Å². The number of carbonyl (C=O) groups excluding carboxylic acids is 1. The van der Waals surface area contributed by atoms with Crippen molar-refractivity contribution in [1.82, 2.24) is 4.90 Å². The molecule has 0 bridgehead atoms. The first-order valence-corrected chi connectivity index (χ1v) is 8.07. The monoisotopic (exact) mass is 293 g/mol. The maximum atomic E-state index is 12.3. The number of nitrogens with zero attached hydrogens (tertiary/aromatic N) is 1. The van der Waals surface area contributed by atoms with Crippen molar-refractivity contribution in [1.29, 1.82) is 0 Å². The molecule has 1 aliphatic heterocycles. The zero-order valence-electron chi connectivity index (χ0n) is 13.6. The average Bonchev–Trinajstić information content (AvgIpc) is 2.79. The number of ether oxygens (including phenoxy) is 1. The summed E-state index contributed by atoms with van der Waals surface area (Å²) >= 11 is 0. The van der Waals surface area contributed by atoms with E-state index in [-0.39, 0.29) is 29.8 Å². The number of aliphatic hydroxyl groups is 1. The molecule has 2 fully saturated rings. The third-order valence-corrected chi connectivity index (χ3v) is 5.73. The zero-order valence-corrected chi connectivity index (χ0v) is 13.6. The summed E-state index contributed by atoms with van der Waals surface area (Å²) in [6, 6.07) is 0. The highest BCUT2D eigenvalue weighted by molar-refractivity contribution is 5.76. The highest BCUT2D eigenvalue weighted by atomic mass is 16.6. The summed E-state index contributed by atoms with van der Waals surface area (Å²) < 4.78 is 5.80. The Morgan fingerprint density at radius 1 is 1.38 bits per heavy atom. The Bertz CT molecular complexity index is 480. The van der Waals surface area contributed by atoms with E-state index in [1.807, 2.05) is 21.0 Å². The molecule has 2 aliphatic carbocycles. The first kappa shape index (κ1) is 15.0. The van der Waals surface area contributed by atoms with Gasteiger partial charge in [0.15, 0.2) is 0 Å². The molecule has 1 unspecified atom stereocenters. The van der Waals surface area contributed by atoms with E-state index in [1.54, 1.807) is 0 Å². The number of esters is 1. The summed E-state index contributed by atoms with van der Waals surface area (Å²) in [4.78, 5) is 14.4. The molecule has 118 valence electrons. The molecule has 3 aliphatic rings. The van der Waals surface area contributed by atoms with Crippen molar-refractivity contribution in [3.63, 3.8) is 0 Å². The van der Waals surface area contributed by atoms with Gasteiger partial charge in [-0.15, -0.1) is 0 Å². The van der Waals surface area contributed by atoms with Crippen molar-refractivity contribution < 1.29 is 14.6 Å². The van der Waals surface area contributed by atoms with Gasteiger partial charge in [0.05, 0.1) is 11.5 Å². The maximum absolute atomic E-state index is 12.3. The third kappa shape index (κ3) is 2.42. The Morgan fingerprint density at radius 3 is 2.76 bits per heavy atom. The molecule has 3 rings (SSSR count). The van der Waals surface area contributed by atoms with Crippen LogP contribution < -0.4 is 0 Å². The predicted molar refractivity (Wildman–Crippen MR) is 80.7 cm³/mol. The Kier molecular flexibility index (Phi) is 3.65. The van der Waals surface area contributed by atoms with Gasteiger partial charge < -0.3 is 14.7 Å². The molecule has 1 heterocycles. The lowest BCUT2D eigenvalue weighted by Gasteiger charge is -2.33. The van der Waals surface area contributed by atoms with Crippen molar-refractivity contribution in [3.05, 3.63) is 11.1 Å². The standard InChI is InChI=1S/C17H27NO3/c1-10-5-6-12-13(9-18(3)4)16(19)21-15(12)14-11(10)7-8-17(14,2)20/h12-15,20H,5-9H2,1-4H3/t12-,13-,14?,15-,17+/m0/s1. The summed E-state index contributed by atoms with van der Waals surface area (Å²) in [6.45, 7) is 4.84. The van der Waals surface area contributed by atoms with Crippen LogP contribution in [0.3, 0.4) is 0 Å². The van der Waals surface area contributed by atoms with Gasteiger partial charge in [0.25, 0.3) is 0 Å². The number of fused-ring (bicyclic) bond motifs is 3. The largest absolute Gasteiger partial charge is 0.461 e. The van der Waals surface area contributed by atoms with Gasteiger partial charge in [-0.1, -0.05) is 11.1 Å². The minimum absolute atomic E-state index is 0.00103. The molecular formula is C17H27NO3. The molecule has 0 aromatic rings. The highest BCUT2D eigenvalue weighted by Gasteiger charge is 2.56. The van der Waals surface area contributed by atoms with E-state index in [4.69, 9.17) is 4.74 Å². The van der Waals surface area contributed by atoms with Gasteiger partial charge in [-0.2, -0.15) is 0 Å². The van der Waals surface area contributed by atoms with Gasteiger partial charge in [-0.3, -0.25) is 4.79 Å². The summed E-state index contributed by atoms with van der Waals surface area (Å²) in [5, 5.41) is 10.8. The van der Waals surface area contributed by atoms with Crippen LogP contribution in [0.25, 0.3) is 0 Å². The molecule has 0 amide bonds. The van der Waals surface area contributed by atoms with E-state index in [0.717, 1.165) is 32.2 Å². The van der Waals surface area contributed by atoms with Gasteiger partial charge in [0, 0.05) is 18.4 Å². The van der Waals surface area contributed by atoms with Crippen LogP contribution in [0.15, 0.2) is 11.1 Å². The zero-order chi connectivity index (χ0) is 15.4. The Labute approximate surface area is 127 Å². The fourth-order valence-corrected chi connectivity index (χ4v) is 4.65. The van der Waals surface area contributed by atoms with Crippen LogP contribution in [-0.4, -0.2) is 48.3 Å². The minimum atomic E-state index is -0.739. The first-order chi connectivity index (χ1) is 9.81. The van der Waals surface area contributed by atoms with E-state index in [2.05, 4.69) is 11.8 Å². The number of hydrogen-bond acceptors (Lipinski definition) is 4. The molecule has 0 aromatic carbocycles. The smallest absolute Gasteiger partial charge is 0.310 e. The second-order valence-electron chi connectivity index (χ2n) is 7.61. The molecule has 4 nitrogen and oxygen atoms in total. The SMILES string of the molecule is CC1=C2CC[C@@](C)(O)C2[C@H]2OC(=O)[C@@H](CN(C)C)[C@@H]2CC1. The van der Waals surface area contributed by atoms with Crippen molar-refractivity contribution in [3.8, 4) is 0 Å². The fraction of sp³-hybridized carbons (Fsp3) is 0.824. The molecule has 4 heteroatoms. The Hall–Kier alpha value is -0.870. The van der Waals surface area contributed by atoms with Crippen molar-refractivity contribution >= 4 is 5.97 Å². The van der Waals surface area contributed by atoms with Crippen molar-refractivity contribution in [2.75, 3.05) is 20.6 Å². The summed E-state index contributed by atoms with van der Waals surface area (Å²) in [5.74, 6) is 0.122. The molecule has 0 aromatic heterocycles. The van der Waals surface area contributed by atoms with E-state index in [0.29, 0.717) is 0 Å². The fourth-order valence-electron chi connectivity index (χ4n) is 4.65. The number of hydrogen-bond donors (Lipinski definition) is 1. The lowest BCUT2D eigenvalue weighted by Crippen LogP contribution is -2.41. The normalized spacial score (nSPS) is 42.9. The van der Waals surface area contributed by atoms with Crippen LogP contribution in [0, 0.1) is 17.8 Å². The predicted octanol–water partition coefficient (Wildman–Crippen LogP) is 1.98. The Balaban J connectivity index is 1.95. The van der Waals surface area contributed by atoms with Crippen molar-refractivity contribution in [2.24, 2.45) is 17.8 Å². The van der Waals surface area contributed by atoms with Crippen LogP contribution in [-0.2, 0) is 9.53 Å². The topological polar surface area (TPSA) is 49.8 Å². The van der Waals surface area contributed by atoms with Crippen LogP contribution in [0.5, 0.6) is 0 Å². The lowest BCUT2D eigenvalue weighted by atomic mass is 9.77. The maximum Gasteiger partial charge on any atom is 0.310 e. The van der Waals surface area contributed by atoms with E-state index in [9.17, 15) is 9.90 Å². The second kappa shape index (κ2) is 5.10. The lowest BCUT2D eigenvalue weighted by molar-refractivity contribution is -0.148. The molecule has 5 atom stereocenters. The number of allylic oxidation sites excluding steroid dienone is 1. The van der Waals surface area contributed by atoms with E-state index < -0.39 is 5.60 Å². The molecule has 0 spiro atoms. The number of carbonyl (C=O) groups is 1. The quantitative estimate of drug-likeness (QED) is 0.625. The Morgan fingerprint density at radius 2 is 2.10 bits per heavy atom. The van der Waals surface area contributed by atoms with Gasteiger partial charge in [0.2, 0.25) is 0 Å². The minimum Gasteiger partial charge on any atom is -0.461 e. The molecule has 0 radical (unpaired) electrons. The van der Waals surface area contributed by atoms with Crippen LogP contribution in [0.2, 0.25) is 0 Å². The second-order valence-corrected chi connectivity index (χ2v) is 7.61. The van der Waals surface area contributed by atoms with Gasteiger partial charge in [-0.25, -0.2) is 0 Å².